The minimum absolute atomic E-state index is 0.0302. The smallest absolute Gasteiger partial charge is 0.252 e. The molecule has 3 rings (SSSR count). The second-order valence-electron chi connectivity index (χ2n) is 5.78. The molecule has 3 heteroatoms. The molecule has 0 radical (unpaired) electrons. The molecule has 0 unspecified atom stereocenters. The van der Waals surface area contributed by atoms with E-state index in [1.54, 1.807) is 12.3 Å². The van der Waals surface area contributed by atoms with Gasteiger partial charge in [0.2, 0.25) is 0 Å². The quantitative estimate of drug-likeness (QED) is 0.639. The Labute approximate surface area is 148 Å². The number of carbonyl (C=O) groups is 1. The molecule has 0 saturated carbocycles. The molecule has 0 aliphatic rings. The average molecular weight is 331 g/mol. The van der Waals surface area contributed by atoms with Crippen molar-refractivity contribution < 1.29 is 9.21 Å². The number of benzene rings is 2. The first-order valence-electron chi connectivity index (χ1n) is 8.44. The lowest BCUT2D eigenvalue weighted by molar-refractivity contribution is -0.116. The molecule has 1 aromatic heterocycles. The molecular formula is C22H21NO2. The number of rotatable bonds is 6. The van der Waals surface area contributed by atoms with Gasteiger partial charge in [0.25, 0.3) is 5.91 Å². The number of carbonyl (C=O) groups excluding carboxylic acids is 1. The van der Waals surface area contributed by atoms with Gasteiger partial charge in [0, 0.05) is 0 Å². The van der Waals surface area contributed by atoms with Crippen molar-refractivity contribution in [2.75, 3.05) is 0 Å². The van der Waals surface area contributed by atoms with E-state index in [2.05, 4.69) is 12.2 Å². The number of nitrogens with one attached hydrogen (secondary N) is 1. The second-order valence-corrected chi connectivity index (χ2v) is 5.78. The van der Waals surface area contributed by atoms with Crippen molar-refractivity contribution in [3.8, 4) is 0 Å². The minimum Gasteiger partial charge on any atom is -0.465 e. The molecule has 0 bridgehead atoms. The number of amides is 1. The van der Waals surface area contributed by atoms with Gasteiger partial charge in [-0.1, -0.05) is 67.6 Å². The van der Waals surface area contributed by atoms with Gasteiger partial charge in [0.05, 0.1) is 17.9 Å². The summed E-state index contributed by atoms with van der Waals surface area (Å²) in [6, 6.07) is 23.3. The Hall–Kier alpha value is -3.07. The Morgan fingerprint density at radius 1 is 1.00 bits per heavy atom. The van der Waals surface area contributed by atoms with Crippen molar-refractivity contribution in [2.45, 2.75) is 19.4 Å². The zero-order chi connectivity index (χ0) is 17.5. The minimum atomic E-state index is -0.113. The molecule has 1 heterocycles. The lowest BCUT2D eigenvalue weighted by Gasteiger charge is -2.19. The zero-order valence-electron chi connectivity index (χ0n) is 14.2. The van der Waals surface area contributed by atoms with E-state index in [0.717, 1.165) is 17.5 Å². The van der Waals surface area contributed by atoms with E-state index in [-0.39, 0.29) is 11.9 Å². The number of furan rings is 1. The van der Waals surface area contributed by atoms with Gasteiger partial charge in [-0.2, -0.15) is 0 Å². The molecule has 0 spiro atoms. The fourth-order valence-electron chi connectivity index (χ4n) is 2.76. The fraction of sp³-hybridized carbons (Fsp3) is 0.136. The molecule has 0 aliphatic heterocycles. The Bertz CT molecular complexity index is 821. The molecule has 1 N–H and O–H groups in total. The van der Waals surface area contributed by atoms with Crippen LogP contribution >= 0.6 is 0 Å². The summed E-state index contributed by atoms with van der Waals surface area (Å²) in [7, 11) is 0. The van der Waals surface area contributed by atoms with Gasteiger partial charge in [-0.15, -0.1) is 0 Å². The maximum absolute atomic E-state index is 13.0. The Morgan fingerprint density at radius 2 is 1.68 bits per heavy atom. The third-order valence-corrected chi connectivity index (χ3v) is 4.07. The summed E-state index contributed by atoms with van der Waals surface area (Å²) in [5, 5.41) is 3.15. The van der Waals surface area contributed by atoms with Crippen LogP contribution in [0, 0.1) is 0 Å². The largest absolute Gasteiger partial charge is 0.465 e. The Morgan fingerprint density at radius 3 is 2.28 bits per heavy atom. The number of hydrogen-bond acceptors (Lipinski definition) is 2. The average Bonchev–Trinajstić information content (AvgIpc) is 3.18. The second kappa shape index (κ2) is 8.15. The van der Waals surface area contributed by atoms with Crippen LogP contribution in [0.15, 0.2) is 83.5 Å². The standard InChI is InChI=1S/C22H21NO2/c1-2-21(18-12-7-4-8-13-18)23-22(24)20(16-19-14-9-15-25-19)17-10-5-3-6-11-17/h3-16,21H,2H2,1H3,(H,23,24)/b20-16+/t21-/m1/s1. The summed E-state index contributed by atoms with van der Waals surface area (Å²) >= 11 is 0. The maximum atomic E-state index is 13.0. The highest BCUT2D eigenvalue weighted by molar-refractivity contribution is 6.24. The Kier molecular flexibility index (Phi) is 5.47. The van der Waals surface area contributed by atoms with Gasteiger partial charge in [0.1, 0.15) is 5.76 Å². The van der Waals surface area contributed by atoms with Gasteiger partial charge in [0.15, 0.2) is 0 Å². The Balaban J connectivity index is 1.89. The van der Waals surface area contributed by atoms with Crippen LogP contribution in [0.4, 0.5) is 0 Å². The monoisotopic (exact) mass is 331 g/mol. The highest BCUT2D eigenvalue weighted by Crippen LogP contribution is 2.22. The van der Waals surface area contributed by atoms with Crippen molar-refractivity contribution in [2.24, 2.45) is 0 Å². The first-order valence-corrected chi connectivity index (χ1v) is 8.44. The van der Waals surface area contributed by atoms with Crippen LogP contribution < -0.4 is 5.32 Å². The SMILES string of the molecule is CC[C@@H](NC(=O)/C(=C/c1ccco1)c1ccccc1)c1ccccc1. The van der Waals surface area contributed by atoms with Crippen molar-refractivity contribution >= 4 is 17.6 Å². The number of hydrogen-bond donors (Lipinski definition) is 1. The molecule has 0 fully saturated rings. The van der Waals surface area contributed by atoms with E-state index < -0.39 is 0 Å². The van der Waals surface area contributed by atoms with E-state index in [1.807, 2.05) is 72.8 Å². The molecule has 1 amide bonds. The third kappa shape index (κ3) is 4.27. The van der Waals surface area contributed by atoms with Crippen molar-refractivity contribution in [3.05, 3.63) is 95.9 Å². The summed E-state index contributed by atoms with van der Waals surface area (Å²) < 4.78 is 5.40. The van der Waals surface area contributed by atoms with Gasteiger partial charge in [-0.05, 0) is 35.8 Å². The summed E-state index contributed by atoms with van der Waals surface area (Å²) in [5.74, 6) is 0.542. The van der Waals surface area contributed by atoms with Gasteiger partial charge < -0.3 is 9.73 Å². The van der Waals surface area contributed by atoms with E-state index in [4.69, 9.17) is 4.42 Å². The molecule has 0 aliphatic carbocycles. The predicted octanol–water partition coefficient (Wildman–Crippen LogP) is 5.09. The van der Waals surface area contributed by atoms with Gasteiger partial charge in [-0.25, -0.2) is 0 Å². The lowest BCUT2D eigenvalue weighted by atomic mass is 10.0. The van der Waals surface area contributed by atoms with Crippen LogP contribution in [0.5, 0.6) is 0 Å². The highest BCUT2D eigenvalue weighted by Gasteiger charge is 2.17. The molecule has 2 aromatic carbocycles. The van der Waals surface area contributed by atoms with E-state index in [9.17, 15) is 4.79 Å². The van der Waals surface area contributed by atoms with Gasteiger partial charge in [-0.3, -0.25) is 4.79 Å². The summed E-state index contributed by atoms with van der Waals surface area (Å²) in [5.41, 5.74) is 2.55. The molecule has 0 saturated heterocycles. The van der Waals surface area contributed by atoms with Crippen LogP contribution in [0.2, 0.25) is 0 Å². The first-order chi connectivity index (χ1) is 12.3. The predicted molar refractivity (Wildman–Crippen MR) is 101 cm³/mol. The van der Waals surface area contributed by atoms with Crippen LogP contribution in [-0.2, 0) is 4.79 Å². The zero-order valence-corrected chi connectivity index (χ0v) is 14.2. The van der Waals surface area contributed by atoms with Crippen LogP contribution in [-0.4, -0.2) is 5.91 Å². The van der Waals surface area contributed by atoms with Crippen molar-refractivity contribution in [1.29, 1.82) is 0 Å². The van der Waals surface area contributed by atoms with Crippen LogP contribution in [0.1, 0.15) is 36.3 Å². The van der Waals surface area contributed by atoms with E-state index in [0.29, 0.717) is 11.3 Å². The molecule has 3 aromatic rings. The highest BCUT2D eigenvalue weighted by atomic mass is 16.3. The lowest BCUT2D eigenvalue weighted by Crippen LogP contribution is -2.28. The topological polar surface area (TPSA) is 42.2 Å². The molecule has 25 heavy (non-hydrogen) atoms. The first kappa shape index (κ1) is 16.8. The van der Waals surface area contributed by atoms with E-state index >= 15 is 0 Å². The molecule has 126 valence electrons. The molecule has 3 nitrogen and oxygen atoms in total. The normalized spacial score (nSPS) is 12.6. The maximum Gasteiger partial charge on any atom is 0.252 e. The molecular weight excluding hydrogens is 310 g/mol. The van der Waals surface area contributed by atoms with Gasteiger partial charge >= 0.3 is 0 Å². The summed E-state index contributed by atoms with van der Waals surface area (Å²) in [6.07, 6.45) is 4.20. The van der Waals surface area contributed by atoms with Crippen LogP contribution in [0.25, 0.3) is 11.6 Å². The van der Waals surface area contributed by atoms with E-state index in [1.165, 1.54) is 0 Å². The molecule has 1 atom stereocenters. The van der Waals surface area contributed by atoms with Crippen molar-refractivity contribution in [3.63, 3.8) is 0 Å². The summed E-state index contributed by atoms with van der Waals surface area (Å²) in [6.45, 7) is 2.07. The fourth-order valence-corrected chi connectivity index (χ4v) is 2.76. The van der Waals surface area contributed by atoms with Crippen LogP contribution in [0.3, 0.4) is 0 Å². The van der Waals surface area contributed by atoms with Crippen molar-refractivity contribution in [1.82, 2.24) is 5.32 Å². The third-order valence-electron chi connectivity index (χ3n) is 4.07. The summed E-state index contributed by atoms with van der Waals surface area (Å²) in [4.78, 5) is 13.0.